The van der Waals surface area contributed by atoms with Crippen LogP contribution >= 0.6 is 11.6 Å². The topological polar surface area (TPSA) is 51.5 Å². The predicted molar refractivity (Wildman–Crippen MR) is 82.2 cm³/mol. The molecule has 5 heteroatoms. The highest BCUT2D eigenvalue weighted by molar-refractivity contribution is 6.33. The van der Waals surface area contributed by atoms with Crippen LogP contribution in [0.4, 0.5) is 5.69 Å². The maximum absolute atomic E-state index is 12.2. The first-order valence-electron chi connectivity index (χ1n) is 6.31. The highest BCUT2D eigenvalue weighted by Crippen LogP contribution is 2.29. The summed E-state index contributed by atoms with van der Waals surface area (Å²) in [6.07, 6.45) is 0. The van der Waals surface area contributed by atoms with Gasteiger partial charge < -0.3 is 14.5 Å². The summed E-state index contributed by atoms with van der Waals surface area (Å²) in [4.78, 5) is 12.2. The zero-order valence-corrected chi connectivity index (χ0v) is 12.0. The molecule has 3 aromatic rings. The van der Waals surface area contributed by atoms with Crippen molar-refractivity contribution in [3.63, 3.8) is 0 Å². The van der Waals surface area contributed by atoms with E-state index in [1.54, 1.807) is 43.5 Å². The van der Waals surface area contributed by atoms with E-state index in [9.17, 15) is 4.79 Å². The lowest BCUT2D eigenvalue weighted by Crippen LogP contribution is -2.10. The van der Waals surface area contributed by atoms with Gasteiger partial charge in [-0.2, -0.15) is 0 Å². The number of hydrogen-bond acceptors (Lipinski definition) is 3. The number of para-hydroxylation sites is 2. The lowest BCUT2D eigenvalue weighted by molar-refractivity contribution is 0.0998. The van der Waals surface area contributed by atoms with Gasteiger partial charge in [0.05, 0.1) is 17.8 Å². The van der Waals surface area contributed by atoms with E-state index in [4.69, 9.17) is 20.8 Å². The summed E-state index contributed by atoms with van der Waals surface area (Å²) < 4.78 is 10.8. The lowest BCUT2D eigenvalue weighted by Gasteiger charge is -2.04. The summed E-state index contributed by atoms with van der Waals surface area (Å²) in [6.45, 7) is 0. The van der Waals surface area contributed by atoms with E-state index < -0.39 is 0 Å². The van der Waals surface area contributed by atoms with Crippen LogP contribution in [0.1, 0.15) is 10.6 Å². The Morgan fingerprint density at radius 1 is 1.19 bits per heavy atom. The first-order valence-corrected chi connectivity index (χ1v) is 6.69. The van der Waals surface area contributed by atoms with Crippen LogP contribution in [0, 0.1) is 0 Å². The fourth-order valence-corrected chi connectivity index (χ4v) is 2.24. The molecule has 0 unspecified atom stereocenters. The van der Waals surface area contributed by atoms with Crippen LogP contribution in [-0.4, -0.2) is 13.0 Å². The van der Waals surface area contributed by atoms with Crippen molar-refractivity contribution in [2.24, 2.45) is 0 Å². The number of hydrogen-bond donors (Lipinski definition) is 1. The first-order chi connectivity index (χ1) is 10.2. The number of nitrogens with one attached hydrogen (secondary N) is 1. The Morgan fingerprint density at radius 2 is 2.00 bits per heavy atom. The number of carbonyl (C=O) groups excluding carboxylic acids is 1. The fourth-order valence-electron chi connectivity index (χ4n) is 2.06. The van der Waals surface area contributed by atoms with Crippen molar-refractivity contribution in [1.82, 2.24) is 0 Å². The molecule has 0 fully saturated rings. The molecule has 1 heterocycles. The number of amides is 1. The monoisotopic (exact) mass is 301 g/mol. The highest BCUT2D eigenvalue weighted by atomic mass is 35.5. The van der Waals surface area contributed by atoms with Crippen LogP contribution in [0.2, 0.25) is 5.02 Å². The SMILES string of the molecule is COc1cccc2cc(C(=O)Nc3ccccc3Cl)oc12. The molecule has 1 aromatic heterocycles. The standard InChI is InChI=1S/C16H12ClNO3/c1-20-13-8-4-5-10-9-14(21-15(10)13)16(19)18-12-7-3-2-6-11(12)17/h2-9H,1H3,(H,18,19). The Balaban J connectivity index is 1.93. The second kappa shape index (κ2) is 5.50. The third kappa shape index (κ3) is 2.58. The number of anilines is 1. The minimum atomic E-state index is -0.360. The summed E-state index contributed by atoms with van der Waals surface area (Å²) >= 11 is 6.02. The van der Waals surface area contributed by atoms with Gasteiger partial charge in [-0.1, -0.05) is 35.9 Å². The third-order valence-electron chi connectivity index (χ3n) is 3.07. The fraction of sp³-hybridized carbons (Fsp3) is 0.0625. The van der Waals surface area contributed by atoms with Crippen molar-refractivity contribution in [2.45, 2.75) is 0 Å². The molecular formula is C16H12ClNO3. The molecule has 0 spiro atoms. The molecule has 2 aromatic carbocycles. The van der Waals surface area contributed by atoms with E-state index in [-0.39, 0.29) is 11.7 Å². The predicted octanol–water partition coefficient (Wildman–Crippen LogP) is 4.35. The van der Waals surface area contributed by atoms with Gasteiger partial charge in [0.1, 0.15) is 0 Å². The summed E-state index contributed by atoms with van der Waals surface area (Å²) in [5, 5.41) is 4.00. The molecule has 3 rings (SSSR count). The van der Waals surface area contributed by atoms with E-state index in [0.29, 0.717) is 22.0 Å². The summed E-state index contributed by atoms with van der Waals surface area (Å²) in [7, 11) is 1.56. The summed E-state index contributed by atoms with van der Waals surface area (Å²) in [5.74, 6) is 0.431. The molecule has 0 bridgehead atoms. The Morgan fingerprint density at radius 3 is 2.76 bits per heavy atom. The zero-order chi connectivity index (χ0) is 14.8. The molecule has 1 amide bonds. The van der Waals surface area contributed by atoms with E-state index >= 15 is 0 Å². The Bertz CT molecular complexity index is 810. The normalized spacial score (nSPS) is 10.6. The summed E-state index contributed by atoms with van der Waals surface area (Å²) in [6, 6.07) is 14.2. The number of halogens is 1. The molecule has 0 aliphatic carbocycles. The maximum Gasteiger partial charge on any atom is 0.291 e. The van der Waals surface area contributed by atoms with Gasteiger partial charge in [0.2, 0.25) is 0 Å². The molecule has 21 heavy (non-hydrogen) atoms. The summed E-state index contributed by atoms with van der Waals surface area (Å²) in [5.41, 5.74) is 1.08. The van der Waals surface area contributed by atoms with Gasteiger partial charge in [-0.15, -0.1) is 0 Å². The van der Waals surface area contributed by atoms with Crippen LogP contribution in [0.5, 0.6) is 5.75 Å². The van der Waals surface area contributed by atoms with Crippen LogP contribution in [0.3, 0.4) is 0 Å². The zero-order valence-electron chi connectivity index (χ0n) is 11.2. The molecule has 0 aliphatic rings. The smallest absolute Gasteiger partial charge is 0.291 e. The molecule has 4 nitrogen and oxygen atoms in total. The van der Waals surface area contributed by atoms with Crippen molar-refractivity contribution in [3.05, 3.63) is 59.3 Å². The second-order valence-electron chi connectivity index (χ2n) is 4.42. The van der Waals surface area contributed by atoms with Gasteiger partial charge in [0, 0.05) is 5.39 Å². The largest absolute Gasteiger partial charge is 0.493 e. The number of carbonyl (C=O) groups is 1. The Kier molecular flexibility index (Phi) is 3.54. The highest BCUT2D eigenvalue weighted by Gasteiger charge is 2.15. The van der Waals surface area contributed by atoms with Gasteiger partial charge in [-0.25, -0.2) is 0 Å². The number of ether oxygens (including phenoxy) is 1. The molecule has 0 atom stereocenters. The minimum Gasteiger partial charge on any atom is -0.493 e. The molecule has 106 valence electrons. The quantitative estimate of drug-likeness (QED) is 0.782. The van der Waals surface area contributed by atoms with Crippen molar-refractivity contribution in [2.75, 3.05) is 12.4 Å². The Hall–Kier alpha value is -2.46. The average Bonchev–Trinajstić information content (AvgIpc) is 2.93. The number of methoxy groups -OCH3 is 1. The molecule has 1 N–H and O–H groups in total. The molecule has 0 saturated heterocycles. The van der Waals surface area contributed by atoms with E-state index in [1.165, 1.54) is 0 Å². The van der Waals surface area contributed by atoms with E-state index in [0.717, 1.165) is 5.39 Å². The van der Waals surface area contributed by atoms with Crippen LogP contribution in [-0.2, 0) is 0 Å². The van der Waals surface area contributed by atoms with Crippen LogP contribution in [0.15, 0.2) is 52.9 Å². The second-order valence-corrected chi connectivity index (χ2v) is 4.83. The number of fused-ring (bicyclic) bond motifs is 1. The van der Waals surface area contributed by atoms with Gasteiger partial charge >= 0.3 is 0 Å². The molecule has 0 saturated carbocycles. The van der Waals surface area contributed by atoms with Crippen molar-refractivity contribution >= 4 is 34.2 Å². The average molecular weight is 302 g/mol. The molecule has 0 radical (unpaired) electrons. The van der Waals surface area contributed by atoms with Gasteiger partial charge in [0.25, 0.3) is 5.91 Å². The number of rotatable bonds is 3. The van der Waals surface area contributed by atoms with Crippen LogP contribution in [0.25, 0.3) is 11.0 Å². The lowest BCUT2D eigenvalue weighted by atomic mass is 10.2. The van der Waals surface area contributed by atoms with Gasteiger partial charge in [-0.3, -0.25) is 4.79 Å². The number of furan rings is 1. The van der Waals surface area contributed by atoms with Crippen molar-refractivity contribution < 1.29 is 13.9 Å². The van der Waals surface area contributed by atoms with Gasteiger partial charge in [-0.05, 0) is 24.3 Å². The first kappa shape index (κ1) is 13.5. The van der Waals surface area contributed by atoms with Crippen molar-refractivity contribution in [3.8, 4) is 5.75 Å². The molecule has 0 aliphatic heterocycles. The van der Waals surface area contributed by atoms with E-state index in [2.05, 4.69) is 5.32 Å². The third-order valence-corrected chi connectivity index (χ3v) is 3.40. The minimum absolute atomic E-state index is 0.203. The van der Waals surface area contributed by atoms with E-state index in [1.807, 2.05) is 12.1 Å². The van der Waals surface area contributed by atoms with Crippen molar-refractivity contribution in [1.29, 1.82) is 0 Å². The van der Waals surface area contributed by atoms with Gasteiger partial charge in [0.15, 0.2) is 17.1 Å². The Labute approximate surface area is 126 Å². The molecular weight excluding hydrogens is 290 g/mol. The number of benzene rings is 2. The maximum atomic E-state index is 12.2. The van der Waals surface area contributed by atoms with Crippen LogP contribution < -0.4 is 10.1 Å².